The van der Waals surface area contributed by atoms with Gasteiger partial charge in [0.25, 0.3) is 0 Å². The highest BCUT2D eigenvalue weighted by atomic mass is 16.4. The van der Waals surface area contributed by atoms with Crippen LogP contribution >= 0.6 is 0 Å². The SMILES string of the molecule is N#CC(N)C(=N)C(=O)O. The van der Waals surface area contributed by atoms with Gasteiger partial charge in [-0.3, -0.25) is 5.41 Å². The number of rotatable bonds is 2. The molecular formula is C4H5N3O2. The summed E-state index contributed by atoms with van der Waals surface area (Å²) in [5, 5.41) is 22.6. The number of carboxylic acid groups (broad SMARTS) is 1. The summed E-state index contributed by atoms with van der Waals surface area (Å²) in [4.78, 5) is 9.84. The summed E-state index contributed by atoms with van der Waals surface area (Å²) in [6.07, 6.45) is 0. The predicted octanol–water partition coefficient (Wildman–Crippen LogP) is -1.06. The Kier molecular flexibility index (Phi) is 2.35. The maximum absolute atomic E-state index is 9.84. The van der Waals surface area contributed by atoms with Gasteiger partial charge in [0.2, 0.25) is 0 Å². The summed E-state index contributed by atoms with van der Waals surface area (Å²) >= 11 is 0. The molecule has 0 aromatic carbocycles. The fourth-order valence-electron chi connectivity index (χ4n) is 0.198. The lowest BCUT2D eigenvalue weighted by Gasteiger charge is -1.95. The smallest absolute Gasteiger partial charge is 0.352 e. The molecule has 0 saturated carbocycles. The van der Waals surface area contributed by atoms with Crippen LogP contribution in [0.5, 0.6) is 0 Å². The van der Waals surface area contributed by atoms with Crippen LogP contribution in [-0.4, -0.2) is 22.8 Å². The van der Waals surface area contributed by atoms with Crippen molar-refractivity contribution in [3.63, 3.8) is 0 Å². The van der Waals surface area contributed by atoms with Crippen molar-refractivity contribution >= 4 is 11.7 Å². The number of carboxylic acids is 1. The van der Waals surface area contributed by atoms with E-state index < -0.39 is 17.7 Å². The second-order valence-electron chi connectivity index (χ2n) is 1.33. The van der Waals surface area contributed by atoms with Gasteiger partial charge < -0.3 is 10.8 Å². The summed E-state index contributed by atoms with van der Waals surface area (Å²) in [5.74, 6) is -1.45. The van der Waals surface area contributed by atoms with Gasteiger partial charge in [0, 0.05) is 0 Å². The molecular weight excluding hydrogens is 122 g/mol. The zero-order valence-electron chi connectivity index (χ0n) is 4.46. The predicted molar refractivity (Wildman–Crippen MR) is 29.0 cm³/mol. The van der Waals surface area contributed by atoms with Gasteiger partial charge in [0.05, 0.1) is 6.07 Å². The second-order valence-corrected chi connectivity index (χ2v) is 1.33. The van der Waals surface area contributed by atoms with E-state index in [0.29, 0.717) is 0 Å². The van der Waals surface area contributed by atoms with E-state index in [1.807, 2.05) is 0 Å². The van der Waals surface area contributed by atoms with Crippen LogP contribution in [0.25, 0.3) is 0 Å². The molecule has 48 valence electrons. The summed E-state index contributed by atoms with van der Waals surface area (Å²) in [5.41, 5.74) is 4.07. The molecule has 0 rings (SSSR count). The van der Waals surface area contributed by atoms with Crippen LogP contribution < -0.4 is 5.73 Å². The average Bonchev–Trinajstić information content (AvgIpc) is 1.84. The molecule has 0 heterocycles. The first-order valence-electron chi connectivity index (χ1n) is 2.06. The Hall–Kier alpha value is -1.41. The van der Waals surface area contributed by atoms with Crippen molar-refractivity contribution in [2.45, 2.75) is 6.04 Å². The third-order valence-electron chi connectivity index (χ3n) is 0.680. The molecule has 0 radical (unpaired) electrons. The van der Waals surface area contributed by atoms with Crippen molar-refractivity contribution in [2.24, 2.45) is 5.73 Å². The molecule has 0 spiro atoms. The largest absolute Gasteiger partial charge is 0.477 e. The first-order valence-corrected chi connectivity index (χ1v) is 2.06. The van der Waals surface area contributed by atoms with Crippen LogP contribution in [0.15, 0.2) is 0 Å². The molecule has 0 aromatic heterocycles. The number of hydrogen-bond acceptors (Lipinski definition) is 4. The lowest BCUT2D eigenvalue weighted by atomic mass is 10.2. The van der Waals surface area contributed by atoms with Crippen LogP contribution in [0.4, 0.5) is 0 Å². The van der Waals surface area contributed by atoms with Crippen molar-refractivity contribution < 1.29 is 9.90 Å². The third-order valence-corrected chi connectivity index (χ3v) is 0.680. The molecule has 5 nitrogen and oxygen atoms in total. The normalized spacial score (nSPS) is 11.6. The van der Waals surface area contributed by atoms with Gasteiger partial charge in [0.1, 0.15) is 11.8 Å². The number of nitriles is 1. The van der Waals surface area contributed by atoms with Gasteiger partial charge in [-0.1, -0.05) is 0 Å². The molecule has 0 aliphatic carbocycles. The van der Waals surface area contributed by atoms with Crippen molar-refractivity contribution in [3.05, 3.63) is 0 Å². The van der Waals surface area contributed by atoms with E-state index in [0.717, 1.165) is 0 Å². The summed E-state index contributed by atoms with van der Waals surface area (Å²) in [6, 6.07) is 0.101. The van der Waals surface area contributed by atoms with E-state index in [4.69, 9.17) is 21.5 Å². The van der Waals surface area contributed by atoms with Crippen molar-refractivity contribution in [3.8, 4) is 6.07 Å². The summed E-state index contributed by atoms with van der Waals surface area (Å²) in [7, 11) is 0. The lowest BCUT2D eigenvalue weighted by molar-refractivity contribution is -0.129. The first-order chi connectivity index (χ1) is 4.09. The van der Waals surface area contributed by atoms with E-state index in [2.05, 4.69) is 0 Å². The highest BCUT2D eigenvalue weighted by Gasteiger charge is 2.14. The zero-order chi connectivity index (χ0) is 7.44. The van der Waals surface area contributed by atoms with Gasteiger partial charge in [0.15, 0.2) is 0 Å². The molecule has 0 fully saturated rings. The fraction of sp³-hybridized carbons (Fsp3) is 0.250. The Bertz CT molecular complexity index is 181. The van der Waals surface area contributed by atoms with Crippen LogP contribution in [0.1, 0.15) is 0 Å². The first kappa shape index (κ1) is 7.59. The molecule has 5 heteroatoms. The zero-order valence-corrected chi connectivity index (χ0v) is 4.46. The summed E-state index contributed by atoms with van der Waals surface area (Å²) < 4.78 is 0. The Morgan fingerprint density at radius 2 is 2.33 bits per heavy atom. The summed E-state index contributed by atoms with van der Waals surface area (Å²) in [6.45, 7) is 0. The Labute approximate surface area is 51.2 Å². The molecule has 9 heavy (non-hydrogen) atoms. The molecule has 0 bridgehead atoms. The fourth-order valence-corrected chi connectivity index (χ4v) is 0.198. The van der Waals surface area contributed by atoms with Gasteiger partial charge in [-0.25, -0.2) is 4.79 Å². The molecule has 0 saturated heterocycles. The third kappa shape index (κ3) is 1.88. The minimum atomic E-state index is -1.45. The Morgan fingerprint density at radius 1 is 1.89 bits per heavy atom. The molecule has 0 amide bonds. The van der Waals surface area contributed by atoms with Crippen LogP contribution in [0, 0.1) is 16.7 Å². The highest BCUT2D eigenvalue weighted by Crippen LogP contribution is 1.78. The monoisotopic (exact) mass is 127 g/mol. The van der Waals surface area contributed by atoms with Crippen molar-refractivity contribution in [2.75, 3.05) is 0 Å². The lowest BCUT2D eigenvalue weighted by Crippen LogP contribution is -2.33. The van der Waals surface area contributed by atoms with Gasteiger partial charge in [-0.15, -0.1) is 0 Å². The van der Waals surface area contributed by atoms with Crippen molar-refractivity contribution in [1.29, 1.82) is 10.7 Å². The number of nitrogens with two attached hydrogens (primary N) is 1. The number of hydrogen-bond donors (Lipinski definition) is 3. The topological polar surface area (TPSA) is 111 Å². The standard InChI is InChI=1S/C4H5N3O2/c5-1-2(6)3(7)4(8)9/h2,7H,6H2,(H,8,9). The molecule has 0 aliphatic heterocycles. The van der Waals surface area contributed by atoms with Crippen molar-refractivity contribution in [1.82, 2.24) is 0 Å². The Morgan fingerprint density at radius 3 is 2.44 bits per heavy atom. The highest BCUT2D eigenvalue weighted by molar-refractivity contribution is 6.36. The van der Waals surface area contributed by atoms with E-state index in [1.165, 1.54) is 6.07 Å². The van der Waals surface area contributed by atoms with Gasteiger partial charge >= 0.3 is 5.97 Å². The average molecular weight is 127 g/mol. The van der Waals surface area contributed by atoms with Gasteiger partial charge in [-0.2, -0.15) is 5.26 Å². The van der Waals surface area contributed by atoms with Gasteiger partial charge in [-0.05, 0) is 0 Å². The van der Waals surface area contributed by atoms with E-state index >= 15 is 0 Å². The van der Waals surface area contributed by atoms with Crippen LogP contribution in [0.2, 0.25) is 0 Å². The second kappa shape index (κ2) is 2.79. The molecule has 0 aliphatic rings. The maximum Gasteiger partial charge on any atom is 0.352 e. The minimum absolute atomic E-state index is 0.780. The van der Waals surface area contributed by atoms with E-state index in [1.54, 1.807) is 0 Å². The minimum Gasteiger partial charge on any atom is -0.477 e. The number of nitrogens with one attached hydrogen (secondary N) is 1. The number of carbonyl (C=O) groups is 1. The number of aliphatic carboxylic acids is 1. The molecule has 4 N–H and O–H groups in total. The quantitative estimate of drug-likeness (QED) is 0.410. The maximum atomic E-state index is 9.84. The molecule has 1 atom stereocenters. The molecule has 1 unspecified atom stereocenters. The molecule has 0 aromatic rings. The van der Waals surface area contributed by atoms with Crippen LogP contribution in [-0.2, 0) is 4.79 Å². The van der Waals surface area contributed by atoms with E-state index in [9.17, 15) is 4.79 Å². The van der Waals surface area contributed by atoms with Crippen LogP contribution in [0.3, 0.4) is 0 Å². The number of nitrogens with zero attached hydrogens (tertiary/aromatic N) is 1. The Balaban J connectivity index is 4.09. The van der Waals surface area contributed by atoms with E-state index in [-0.39, 0.29) is 0 Å².